The zero-order chi connectivity index (χ0) is 13.4. The van der Waals surface area contributed by atoms with Gasteiger partial charge in [0.05, 0.1) is 18.8 Å². The van der Waals surface area contributed by atoms with Gasteiger partial charge in [-0.3, -0.25) is 19.6 Å². The summed E-state index contributed by atoms with van der Waals surface area (Å²) < 4.78 is 1.59. The zero-order valence-electron chi connectivity index (χ0n) is 10.6. The van der Waals surface area contributed by atoms with E-state index in [1.807, 2.05) is 0 Å². The maximum absolute atomic E-state index is 11.6. The number of imide groups is 1. The fourth-order valence-electron chi connectivity index (χ4n) is 2.21. The number of hydrogen-bond donors (Lipinski definition) is 2. The van der Waals surface area contributed by atoms with Crippen LogP contribution in [0.1, 0.15) is 18.2 Å². The Morgan fingerprint density at radius 3 is 2.78 bits per heavy atom. The lowest BCUT2D eigenvalue weighted by atomic mass is 10.1. The summed E-state index contributed by atoms with van der Waals surface area (Å²) in [5.41, 5.74) is 1.34. The van der Waals surface area contributed by atoms with Gasteiger partial charge in [-0.2, -0.15) is 5.10 Å². The summed E-state index contributed by atoms with van der Waals surface area (Å²) >= 11 is 0. The standard InChI is InChI=1S/C11H16N4O3/c1-6-8(5-16)11(14(3)13-6)15-4-9(17)12-10(18)7(15)2/h7,16H,4-5H2,1-3H3,(H,12,17,18). The van der Waals surface area contributed by atoms with Crippen LogP contribution in [0.25, 0.3) is 0 Å². The second kappa shape index (κ2) is 4.41. The first-order valence-electron chi connectivity index (χ1n) is 5.69. The van der Waals surface area contributed by atoms with Crippen molar-refractivity contribution in [2.45, 2.75) is 26.5 Å². The van der Waals surface area contributed by atoms with E-state index in [1.54, 1.807) is 30.5 Å². The van der Waals surface area contributed by atoms with Crippen molar-refractivity contribution in [3.8, 4) is 0 Å². The van der Waals surface area contributed by atoms with Crippen molar-refractivity contribution >= 4 is 17.6 Å². The molecule has 2 rings (SSSR count). The topological polar surface area (TPSA) is 87.5 Å². The Labute approximate surface area is 104 Å². The Hall–Kier alpha value is -1.89. The van der Waals surface area contributed by atoms with E-state index < -0.39 is 6.04 Å². The summed E-state index contributed by atoms with van der Waals surface area (Å²) in [4.78, 5) is 24.8. The summed E-state index contributed by atoms with van der Waals surface area (Å²) in [6.45, 7) is 3.41. The Morgan fingerprint density at radius 2 is 2.17 bits per heavy atom. The number of aromatic nitrogens is 2. The van der Waals surface area contributed by atoms with Crippen LogP contribution in [0.4, 0.5) is 5.82 Å². The predicted molar refractivity (Wildman–Crippen MR) is 63.8 cm³/mol. The van der Waals surface area contributed by atoms with E-state index in [9.17, 15) is 14.7 Å². The van der Waals surface area contributed by atoms with Crippen LogP contribution in [-0.4, -0.2) is 39.3 Å². The number of anilines is 1. The lowest BCUT2D eigenvalue weighted by molar-refractivity contribution is -0.132. The number of hydrogen-bond acceptors (Lipinski definition) is 5. The van der Waals surface area contributed by atoms with Gasteiger partial charge in [0, 0.05) is 12.6 Å². The minimum atomic E-state index is -0.470. The summed E-state index contributed by atoms with van der Waals surface area (Å²) in [6.07, 6.45) is 0. The Morgan fingerprint density at radius 1 is 1.50 bits per heavy atom. The van der Waals surface area contributed by atoms with E-state index in [4.69, 9.17) is 0 Å². The molecule has 0 radical (unpaired) electrons. The molecule has 2 heterocycles. The molecule has 0 bridgehead atoms. The van der Waals surface area contributed by atoms with Gasteiger partial charge < -0.3 is 10.0 Å². The fourth-order valence-corrected chi connectivity index (χ4v) is 2.21. The lowest BCUT2D eigenvalue weighted by Crippen LogP contribution is -2.57. The van der Waals surface area contributed by atoms with Gasteiger partial charge in [-0.15, -0.1) is 0 Å². The number of carbonyl (C=O) groups is 2. The number of piperazine rings is 1. The fraction of sp³-hybridized carbons (Fsp3) is 0.545. The maximum atomic E-state index is 11.6. The van der Waals surface area contributed by atoms with Crippen molar-refractivity contribution in [2.75, 3.05) is 11.4 Å². The lowest BCUT2D eigenvalue weighted by Gasteiger charge is -2.33. The van der Waals surface area contributed by atoms with Gasteiger partial charge in [0.15, 0.2) is 0 Å². The molecule has 7 heteroatoms. The quantitative estimate of drug-likeness (QED) is 0.664. The van der Waals surface area contributed by atoms with Crippen LogP contribution in [-0.2, 0) is 23.2 Å². The molecule has 0 aromatic carbocycles. The van der Waals surface area contributed by atoms with Crippen LogP contribution >= 0.6 is 0 Å². The van der Waals surface area contributed by atoms with Gasteiger partial charge in [0.1, 0.15) is 11.9 Å². The number of rotatable bonds is 2. The van der Waals surface area contributed by atoms with Gasteiger partial charge in [0.2, 0.25) is 11.8 Å². The number of nitrogens with one attached hydrogen (secondary N) is 1. The molecule has 18 heavy (non-hydrogen) atoms. The van der Waals surface area contributed by atoms with Crippen LogP contribution in [0.3, 0.4) is 0 Å². The van der Waals surface area contributed by atoms with Gasteiger partial charge in [-0.05, 0) is 13.8 Å². The molecule has 98 valence electrons. The van der Waals surface area contributed by atoms with Crippen molar-refractivity contribution in [2.24, 2.45) is 7.05 Å². The second-order valence-electron chi connectivity index (χ2n) is 4.39. The maximum Gasteiger partial charge on any atom is 0.249 e. The third-order valence-electron chi connectivity index (χ3n) is 3.17. The molecule has 1 saturated heterocycles. The minimum absolute atomic E-state index is 0.0822. The smallest absolute Gasteiger partial charge is 0.249 e. The van der Waals surface area contributed by atoms with Crippen molar-refractivity contribution < 1.29 is 14.7 Å². The molecule has 1 aromatic heterocycles. The molecule has 1 atom stereocenters. The van der Waals surface area contributed by atoms with E-state index in [0.717, 1.165) is 0 Å². The molecule has 1 aromatic rings. The third kappa shape index (κ3) is 1.86. The van der Waals surface area contributed by atoms with E-state index in [1.165, 1.54) is 0 Å². The summed E-state index contributed by atoms with van der Waals surface area (Å²) in [5.74, 6) is -0.0689. The van der Waals surface area contributed by atoms with Gasteiger partial charge >= 0.3 is 0 Å². The molecule has 0 spiro atoms. The summed E-state index contributed by atoms with van der Waals surface area (Å²) in [5, 5.41) is 15.9. The molecular weight excluding hydrogens is 236 g/mol. The van der Waals surface area contributed by atoms with Crippen LogP contribution in [0.15, 0.2) is 0 Å². The Balaban J connectivity index is 2.47. The normalized spacial score (nSPS) is 20.2. The number of aliphatic hydroxyl groups is 1. The molecule has 1 aliphatic heterocycles. The zero-order valence-corrected chi connectivity index (χ0v) is 10.6. The van der Waals surface area contributed by atoms with Crippen LogP contribution in [0.2, 0.25) is 0 Å². The minimum Gasteiger partial charge on any atom is -0.391 e. The molecule has 0 saturated carbocycles. The number of aliphatic hydroxyl groups excluding tert-OH is 1. The number of carbonyl (C=O) groups excluding carboxylic acids is 2. The van der Waals surface area contributed by atoms with E-state index >= 15 is 0 Å². The molecule has 7 nitrogen and oxygen atoms in total. The first-order valence-corrected chi connectivity index (χ1v) is 5.69. The molecule has 1 aliphatic rings. The highest BCUT2D eigenvalue weighted by atomic mass is 16.3. The van der Waals surface area contributed by atoms with Gasteiger partial charge in [0.25, 0.3) is 0 Å². The second-order valence-corrected chi connectivity index (χ2v) is 4.39. The van der Waals surface area contributed by atoms with Crippen LogP contribution in [0, 0.1) is 6.92 Å². The SMILES string of the molecule is Cc1nn(C)c(N2CC(=O)NC(=O)C2C)c1CO. The Kier molecular flexibility index (Phi) is 3.08. The van der Waals surface area contributed by atoms with Crippen molar-refractivity contribution in [1.82, 2.24) is 15.1 Å². The average Bonchev–Trinajstić information content (AvgIpc) is 2.58. The number of amides is 2. The average molecular weight is 252 g/mol. The van der Waals surface area contributed by atoms with E-state index in [2.05, 4.69) is 10.4 Å². The first kappa shape index (κ1) is 12.6. The van der Waals surface area contributed by atoms with Crippen LogP contribution < -0.4 is 10.2 Å². The summed E-state index contributed by atoms with van der Waals surface area (Å²) in [7, 11) is 1.73. The molecule has 1 fully saturated rings. The molecule has 2 amide bonds. The van der Waals surface area contributed by atoms with Crippen molar-refractivity contribution in [1.29, 1.82) is 0 Å². The first-order chi connectivity index (χ1) is 8.45. The number of aryl methyl sites for hydroxylation is 2. The molecule has 0 aliphatic carbocycles. The predicted octanol–water partition coefficient (Wildman–Crippen LogP) is -0.928. The highest BCUT2D eigenvalue weighted by Crippen LogP contribution is 2.26. The highest BCUT2D eigenvalue weighted by molar-refractivity contribution is 6.04. The van der Waals surface area contributed by atoms with Crippen molar-refractivity contribution in [3.05, 3.63) is 11.3 Å². The van der Waals surface area contributed by atoms with E-state index in [0.29, 0.717) is 17.1 Å². The third-order valence-corrected chi connectivity index (χ3v) is 3.17. The van der Waals surface area contributed by atoms with Gasteiger partial charge in [-0.1, -0.05) is 0 Å². The molecular formula is C11H16N4O3. The van der Waals surface area contributed by atoms with Crippen molar-refractivity contribution in [3.63, 3.8) is 0 Å². The molecule has 1 unspecified atom stereocenters. The largest absolute Gasteiger partial charge is 0.391 e. The monoisotopic (exact) mass is 252 g/mol. The van der Waals surface area contributed by atoms with E-state index in [-0.39, 0.29) is 25.0 Å². The Bertz CT molecular complexity index is 509. The molecule has 2 N–H and O–H groups in total. The highest BCUT2D eigenvalue weighted by Gasteiger charge is 2.33. The van der Waals surface area contributed by atoms with Gasteiger partial charge in [-0.25, -0.2) is 0 Å². The van der Waals surface area contributed by atoms with Crippen LogP contribution in [0.5, 0.6) is 0 Å². The summed E-state index contributed by atoms with van der Waals surface area (Å²) in [6, 6.07) is -0.470. The number of nitrogens with zero attached hydrogens (tertiary/aromatic N) is 3.